The van der Waals surface area contributed by atoms with Crippen molar-refractivity contribution in [3.8, 4) is 0 Å². The van der Waals surface area contributed by atoms with Gasteiger partial charge in [-0.15, -0.1) is 0 Å². The first kappa shape index (κ1) is 15.7. The SMILES string of the molecule is O=C(O)c1cc(F)ccc1NS(=O)(=O)C1CCS(=O)(=O)C1. The molecule has 1 heterocycles. The number of hydrogen-bond acceptors (Lipinski definition) is 5. The molecule has 0 radical (unpaired) electrons. The number of carboxylic acids is 1. The van der Waals surface area contributed by atoms with Crippen molar-refractivity contribution in [2.75, 3.05) is 16.2 Å². The van der Waals surface area contributed by atoms with Crippen LogP contribution in [-0.2, 0) is 19.9 Å². The molecule has 1 aromatic carbocycles. The monoisotopic (exact) mass is 337 g/mol. The number of sulfonamides is 1. The Balaban J connectivity index is 2.32. The van der Waals surface area contributed by atoms with Gasteiger partial charge in [-0.1, -0.05) is 0 Å². The molecule has 7 nitrogen and oxygen atoms in total. The van der Waals surface area contributed by atoms with Crippen LogP contribution in [0.15, 0.2) is 18.2 Å². The van der Waals surface area contributed by atoms with Crippen molar-refractivity contribution in [1.82, 2.24) is 0 Å². The van der Waals surface area contributed by atoms with Crippen LogP contribution in [0.1, 0.15) is 16.8 Å². The zero-order chi connectivity index (χ0) is 15.8. The number of benzene rings is 1. The highest BCUT2D eigenvalue weighted by atomic mass is 32.2. The molecule has 116 valence electrons. The molecule has 1 saturated heterocycles. The van der Waals surface area contributed by atoms with Crippen LogP contribution in [0.2, 0.25) is 0 Å². The summed E-state index contributed by atoms with van der Waals surface area (Å²) in [6.07, 6.45) is -0.0543. The maximum absolute atomic E-state index is 13.0. The zero-order valence-corrected chi connectivity index (χ0v) is 12.2. The minimum atomic E-state index is -4.07. The van der Waals surface area contributed by atoms with E-state index >= 15 is 0 Å². The Morgan fingerprint density at radius 2 is 2.05 bits per heavy atom. The molecule has 21 heavy (non-hydrogen) atoms. The van der Waals surface area contributed by atoms with Gasteiger partial charge in [-0.2, -0.15) is 0 Å². The van der Waals surface area contributed by atoms with Crippen molar-refractivity contribution < 1.29 is 31.1 Å². The molecule has 10 heteroatoms. The van der Waals surface area contributed by atoms with Crippen molar-refractivity contribution in [3.63, 3.8) is 0 Å². The number of halogens is 1. The minimum absolute atomic E-state index is 0.0543. The molecule has 1 fully saturated rings. The molecule has 0 bridgehead atoms. The second kappa shape index (κ2) is 5.26. The summed E-state index contributed by atoms with van der Waals surface area (Å²) < 4.78 is 61.9. The Hall–Kier alpha value is -1.68. The average Bonchev–Trinajstić information content (AvgIpc) is 2.72. The minimum Gasteiger partial charge on any atom is -0.478 e. The standard InChI is InChI=1S/C11H12FNO6S2/c12-7-1-2-10(9(5-7)11(14)15)13-21(18,19)8-3-4-20(16,17)6-8/h1-2,5,8,13H,3-4,6H2,(H,14,15). The van der Waals surface area contributed by atoms with E-state index in [4.69, 9.17) is 5.11 Å². The summed E-state index contributed by atoms with van der Waals surface area (Å²) in [5.74, 6) is -3.05. The molecule has 2 rings (SSSR count). The van der Waals surface area contributed by atoms with E-state index in [0.717, 1.165) is 12.1 Å². The summed E-state index contributed by atoms with van der Waals surface area (Å²) in [5, 5.41) is 7.79. The first-order valence-corrected chi connectivity index (χ1v) is 9.22. The Morgan fingerprint density at radius 1 is 1.38 bits per heavy atom. The van der Waals surface area contributed by atoms with Gasteiger partial charge in [0.15, 0.2) is 9.84 Å². The number of nitrogens with one attached hydrogen (secondary N) is 1. The molecular formula is C11H12FNO6S2. The second-order valence-electron chi connectivity index (χ2n) is 4.67. The van der Waals surface area contributed by atoms with Crippen molar-refractivity contribution in [2.45, 2.75) is 11.7 Å². The van der Waals surface area contributed by atoms with Crippen LogP contribution >= 0.6 is 0 Å². The highest BCUT2D eigenvalue weighted by molar-refractivity contribution is 7.97. The number of carbonyl (C=O) groups is 1. The lowest BCUT2D eigenvalue weighted by molar-refractivity contribution is 0.0697. The van der Waals surface area contributed by atoms with E-state index < -0.39 is 48.2 Å². The van der Waals surface area contributed by atoms with E-state index in [-0.39, 0.29) is 17.9 Å². The Bertz CT molecular complexity index is 787. The number of carboxylic acid groups (broad SMARTS) is 1. The van der Waals surface area contributed by atoms with Gasteiger partial charge in [0.1, 0.15) is 5.82 Å². The fourth-order valence-electron chi connectivity index (χ4n) is 2.02. The molecule has 0 amide bonds. The molecule has 1 aliphatic rings. The van der Waals surface area contributed by atoms with Crippen molar-refractivity contribution in [3.05, 3.63) is 29.6 Å². The van der Waals surface area contributed by atoms with Crippen LogP contribution in [0.3, 0.4) is 0 Å². The lowest BCUT2D eigenvalue weighted by Crippen LogP contribution is -2.29. The molecule has 1 unspecified atom stereocenters. The molecule has 1 atom stereocenters. The van der Waals surface area contributed by atoms with Gasteiger partial charge in [0.25, 0.3) is 0 Å². The zero-order valence-electron chi connectivity index (χ0n) is 10.6. The molecule has 1 aromatic rings. The predicted octanol–water partition coefficient (Wildman–Crippen LogP) is 0.453. The van der Waals surface area contributed by atoms with Crippen LogP contribution in [-0.4, -0.2) is 44.7 Å². The summed E-state index contributed by atoms with van der Waals surface area (Å²) in [4.78, 5) is 11.0. The van der Waals surface area contributed by atoms with Crippen molar-refractivity contribution in [2.24, 2.45) is 0 Å². The van der Waals surface area contributed by atoms with Gasteiger partial charge in [0.05, 0.1) is 28.0 Å². The maximum Gasteiger partial charge on any atom is 0.337 e. The predicted molar refractivity (Wildman–Crippen MR) is 73.0 cm³/mol. The quantitative estimate of drug-likeness (QED) is 0.824. The lowest BCUT2D eigenvalue weighted by atomic mass is 10.2. The Labute approximate surface area is 120 Å². The lowest BCUT2D eigenvalue weighted by Gasteiger charge is -2.14. The first-order valence-electron chi connectivity index (χ1n) is 5.86. The van der Waals surface area contributed by atoms with E-state index in [2.05, 4.69) is 0 Å². The highest BCUT2D eigenvalue weighted by Crippen LogP contribution is 2.24. The summed E-state index contributed by atoms with van der Waals surface area (Å²) in [6, 6.07) is 2.58. The summed E-state index contributed by atoms with van der Waals surface area (Å²) in [7, 11) is -7.47. The van der Waals surface area contributed by atoms with Crippen LogP contribution in [0.25, 0.3) is 0 Å². The third kappa shape index (κ3) is 3.50. The van der Waals surface area contributed by atoms with Gasteiger partial charge in [-0.25, -0.2) is 26.0 Å². The fraction of sp³-hybridized carbons (Fsp3) is 0.364. The van der Waals surface area contributed by atoms with Crippen LogP contribution < -0.4 is 4.72 Å². The van der Waals surface area contributed by atoms with Gasteiger partial charge in [-0.3, -0.25) is 4.72 Å². The Kier molecular flexibility index (Phi) is 3.93. The van der Waals surface area contributed by atoms with Gasteiger partial charge >= 0.3 is 5.97 Å². The summed E-state index contributed by atoms with van der Waals surface area (Å²) in [5.41, 5.74) is -0.840. The third-order valence-electron chi connectivity index (χ3n) is 3.09. The Morgan fingerprint density at radius 3 is 2.57 bits per heavy atom. The van der Waals surface area contributed by atoms with Crippen molar-refractivity contribution >= 4 is 31.5 Å². The molecule has 0 spiro atoms. The largest absolute Gasteiger partial charge is 0.478 e. The highest BCUT2D eigenvalue weighted by Gasteiger charge is 2.37. The molecule has 0 aromatic heterocycles. The second-order valence-corrected chi connectivity index (χ2v) is 8.86. The summed E-state index contributed by atoms with van der Waals surface area (Å²) in [6.45, 7) is 0. The van der Waals surface area contributed by atoms with E-state index in [1.807, 2.05) is 4.72 Å². The number of aromatic carboxylic acids is 1. The smallest absolute Gasteiger partial charge is 0.337 e. The molecular weight excluding hydrogens is 325 g/mol. The van der Waals surface area contributed by atoms with E-state index in [0.29, 0.717) is 6.07 Å². The van der Waals surface area contributed by atoms with E-state index in [1.165, 1.54) is 0 Å². The number of sulfone groups is 1. The van der Waals surface area contributed by atoms with Crippen LogP contribution in [0.4, 0.5) is 10.1 Å². The number of hydrogen-bond donors (Lipinski definition) is 2. The van der Waals surface area contributed by atoms with Gasteiger partial charge in [-0.05, 0) is 24.6 Å². The average molecular weight is 337 g/mol. The van der Waals surface area contributed by atoms with Crippen LogP contribution in [0.5, 0.6) is 0 Å². The molecule has 2 N–H and O–H groups in total. The van der Waals surface area contributed by atoms with E-state index in [1.54, 1.807) is 0 Å². The van der Waals surface area contributed by atoms with Crippen molar-refractivity contribution in [1.29, 1.82) is 0 Å². The molecule has 0 saturated carbocycles. The van der Waals surface area contributed by atoms with Gasteiger partial charge < -0.3 is 5.11 Å². The third-order valence-corrected chi connectivity index (χ3v) is 6.86. The first-order chi connectivity index (χ1) is 9.61. The fourth-order valence-corrected chi connectivity index (χ4v) is 6.14. The number of rotatable bonds is 4. The van der Waals surface area contributed by atoms with Crippen LogP contribution in [0, 0.1) is 5.82 Å². The van der Waals surface area contributed by atoms with E-state index in [9.17, 15) is 26.0 Å². The summed E-state index contributed by atoms with van der Waals surface area (Å²) >= 11 is 0. The van der Waals surface area contributed by atoms with Gasteiger partial charge in [0.2, 0.25) is 10.0 Å². The number of anilines is 1. The molecule has 0 aliphatic carbocycles. The normalized spacial score (nSPS) is 21.1. The molecule has 1 aliphatic heterocycles. The maximum atomic E-state index is 13.0. The topological polar surface area (TPSA) is 118 Å². The van der Waals surface area contributed by atoms with Gasteiger partial charge in [0, 0.05) is 0 Å².